The maximum absolute atomic E-state index is 14.3. The molecule has 166 valence electrons. The Bertz CT molecular complexity index is 1080. The standard InChI is InChI=1S/C26H21BF2O4/c28-23-15-21(11-13-25(23)30-17-19-7-3-1-4-8-19)32-27-33-22-12-14-26(24(29)16-22)31-18-20-9-5-2-6-10-20/h1-16,27H,17-18H2. The summed E-state index contributed by atoms with van der Waals surface area (Å²) in [6, 6.07) is 27.5. The highest BCUT2D eigenvalue weighted by Crippen LogP contribution is 2.25. The van der Waals surface area contributed by atoms with Crippen LogP contribution in [0, 0.1) is 11.6 Å². The monoisotopic (exact) mass is 446 g/mol. The van der Waals surface area contributed by atoms with Gasteiger partial charge in [-0.05, 0) is 35.4 Å². The SMILES string of the molecule is Fc1cc(OBOc2ccc(OCc3ccccc3)c(F)c2)ccc1OCc1ccccc1. The molecule has 0 amide bonds. The Hall–Kier alpha value is -4.00. The largest absolute Gasteiger partial charge is 0.576 e. The van der Waals surface area contributed by atoms with E-state index in [0.29, 0.717) is 0 Å². The molecule has 0 spiro atoms. The first-order valence-electron chi connectivity index (χ1n) is 10.4. The maximum atomic E-state index is 14.3. The van der Waals surface area contributed by atoms with E-state index in [4.69, 9.17) is 18.8 Å². The van der Waals surface area contributed by atoms with Gasteiger partial charge in [0.2, 0.25) is 0 Å². The summed E-state index contributed by atoms with van der Waals surface area (Å²) in [7, 11) is -0.215. The molecule has 0 aliphatic carbocycles. The third-order valence-electron chi connectivity index (χ3n) is 4.73. The van der Waals surface area contributed by atoms with Gasteiger partial charge in [-0.2, -0.15) is 0 Å². The molecule has 7 heteroatoms. The first-order valence-corrected chi connectivity index (χ1v) is 10.4. The van der Waals surface area contributed by atoms with Crippen LogP contribution in [0.4, 0.5) is 8.78 Å². The van der Waals surface area contributed by atoms with Crippen LogP contribution >= 0.6 is 0 Å². The lowest BCUT2D eigenvalue weighted by Gasteiger charge is -2.11. The van der Waals surface area contributed by atoms with E-state index in [2.05, 4.69) is 0 Å². The molecule has 33 heavy (non-hydrogen) atoms. The minimum absolute atomic E-state index is 0.125. The minimum atomic E-state index is -0.547. The molecule has 4 rings (SSSR count). The summed E-state index contributed by atoms with van der Waals surface area (Å²) >= 11 is 0. The second-order valence-electron chi connectivity index (χ2n) is 7.14. The molecule has 4 aromatic carbocycles. The summed E-state index contributed by atoms with van der Waals surface area (Å²) in [5, 5.41) is 0. The number of ether oxygens (including phenoxy) is 2. The van der Waals surface area contributed by atoms with Crippen molar-refractivity contribution in [2.45, 2.75) is 13.2 Å². The van der Waals surface area contributed by atoms with E-state index in [1.807, 2.05) is 60.7 Å². The molecule has 0 bridgehead atoms. The second kappa shape index (κ2) is 11.0. The van der Waals surface area contributed by atoms with Crippen molar-refractivity contribution in [3.05, 3.63) is 120 Å². The quantitative estimate of drug-likeness (QED) is 0.287. The molecular formula is C26H21BF2O4. The Morgan fingerprint density at radius 3 is 1.36 bits per heavy atom. The number of rotatable bonds is 10. The average Bonchev–Trinajstić information content (AvgIpc) is 2.84. The van der Waals surface area contributed by atoms with Crippen molar-refractivity contribution < 1.29 is 27.6 Å². The van der Waals surface area contributed by atoms with Crippen LogP contribution in [-0.4, -0.2) is 7.69 Å². The van der Waals surface area contributed by atoms with Crippen LogP contribution in [0.1, 0.15) is 11.1 Å². The van der Waals surface area contributed by atoms with Gasteiger partial charge < -0.3 is 18.8 Å². The van der Waals surface area contributed by atoms with Crippen LogP contribution in [0.15, 0.2) is 97.1 Å². The van der Waals surface area contributed by atoms with Crippen molar-refractivity contribution >= 4 is 7.69 Å². The molecule has 0 atom stereocenters. The van der Waals surface area contributed by atoms with Crippen molar-refractivity contribution in [1.29, 1.82) is 0 Å². The number of halogens is 2. The highest BCUT2D eigenvalue weighted by molar-refractivity contribution is 6.20. The highest BCUT2D eigenvalue weighted by atomic mass is 19.1. The number of hydrogen-bond acceptors (Lipinski definition) is 4. The zero-order chi connectivity index (χ0) is 22.9. The van der Waals surface area contributed by atoms with Gasteiger partial charge in [-0.25, -0.2) is 8.78 Å². The summed E-state index contributed by atoms with van der Waals surface area (Å²) in [6.45, 7) is 0.523. The van der Waals surface area contributed by atoms with Crippen molar-refractivity contribution in [1.82, 2.24) is 0 Å². The minimum Gasteiger partial charge on any atom is -0.528 e. The number of benzene rings is 4. The summed E-state index contributed by atoms with van der Waals surface area (Å²) in [4.78, 5) is 0. The Morgan fingerprint density at radius 2 is 0.970 bits per heavy atom. The summed E-state index contributed by atoms with van der Waals surface area (Å²) < 4.78 is 50.4. The lowest BCUT2D eigenvalue weighted by molar-refractivity contribution is 0.289. The third-order valence-corrected chi connectivity index (χ3v) is 4.73. The molecule has 0 fully saturated rings. The number of hydrogen-bond donors (Lipinski definition) is 0. The Labute approximate surface area is 191 Å². The van der Waals surface area contributed by atoms with Gasteiger partial charge in [-0.15, -0.1) is 0 Å². The Morgan fingerprint density at radius 1 is 0.545 bits per heavy atom. The predicted molar refractivity (Wildman–Crippen MR) is 123 cm³/mol. The maximum Gasteiger partial charge on any atom is 0.576 e. The average molecular weight is 446 g/mol. The highest BCUT2D eigenvalue weighted by Gasteiger charge is 2.09. The third kappa shape index (κ3) is 6.49. The van der Waals surface area contributed by atoms with Gasteiger partial charge >= 0.3 is 7.69 Å². The normalized spacial score (nSPS) is 10.4. The van der Waals surface area contributed by atoms with Gasteiger partial charge in [0.1, 0.15) is 24.7 Å². The summed E-state index contributed by atoms with van der Waals surface area (Å²) in [5.74, 6) is -0.310. The van der Waals surface area contributed by atoms with E-state index >= 15 is 0 Å². The van der Waals surface area contributed by atoms with Crippen molar-refractivity contribution in [2.75, 3.05) is 0 Å². The smallest absolute Gasteiger partial charge is 0.528 e. The fourth-order valence-corrected chi connectivity index (χ4v) is 3.01. The van der Waals surface area contributed by atoms with Crippen LogP contribution in [-0.2, 0) is 13.2 Å². The van der Waals surface area contributed by atoms with E-state index < -0.39 is 11.6 Å². The Kier molecular flexibility index (Phi) is 7.43. The summed E-state index contributed by atoms with van der Waals surface area (Å²) in [5.41, 5.74) is 1.88. The molecule has 0 heterocycles. The first-order chi connectivity index (χ1) is 16.2. The molecule has 0 saturated heterocycles. The van der Waals surface area contributed by atoms with E-state index in [1.54, 1.807) is 12.1 Å². The molecule has 0 aromatic heterocycles. The van der Waals surface area contributed by atoms with Crippen LogP contribution in [0.3, 0.4) is 0 Å². The van der Waals surface area contributed by atoms with Gasteiger partial charge in [0, 0.05) is 12.1 Å². The van der Waals surface area contributed by atoms with Crippen LogP contribution in [0.5, 0.6) is 23.0 Å². The molecule has 4 aromatic rings. The predicted octanol–water partition coefficient (Wildman–Crippen LogP) is 5.85. The van der Waals surface area contributed by atoms with Gasteiger partial charge in [0.15, 0.2) is 23.1 Å². The van der Waals surface area contributed by atoms with E-state index in [0.717, 1.165) is 11.1 Å². The van der Waals surface area contributed by atoms with Gasteiger partial charge in [-0.3, -0.25) is 0 Å². The topological polar surface area (TPSA) is 36.9 Å². The fourth-order valence-electron chi connectivity index (χ4n) is 3.01. The van der Waals surface area contributed by atoms with Gasteiger partial charge in [0.05, 0.1) is 0 Å². The Balaban J connectivity index is 1.25. The second-order valence-corrected chi connectivity index (χ2v) is 7.14. The van der Waals surface area contributed by atoms with Crippen LogP contribution < -0.4 is 18.8 Å². The van der Waals surface area contributed by atoms with Crippen molar-refractivity contribution in [3.63, 3.8) is 0 Å². The molecule has 0 unspecified atom stereocenters. The molecule has 0 radical (unpaired) electrons. The zero-order valence-corrected chi connectivity index (χ0v) is 17.7. The molecule has 0 aliphatic heterocycles. The van der Waals surface area contributed by atoms with Gasteiger partial charge in [0.25, 0.3) is 0 Å². The van der Waals surface area contributed by atoms with E-state index in [1.165, 1.54) is 24.3 Å². The first kappa shape index (κ1) is 22.2. The van der Waals surface area contributed by atoms with Crippen molar-refractivity contribution in [2.24, 2.45) is 0 Å². The van der Waals surface area contributed by atoms with Crippen LogP contribution in [0.2, 0.25) is 0 Å². The molecule has 0 N–H and O–H groups in total. The van der Waals surface area contributed by atoms with Gasteiger partial charge in [-0.1, -0.05) is 60.7 Å². The lowest BCUT2D eigenvalue weighted by atomic mass is 10.2. The fraction of sp³-hybridized carbons (Fsp3) is 0.0769. The molecular weight excluding hydrogens is 425 g/mol. The van der Waals surface area contributed by atoms with E-state index in [9.17, 15) is 8.78 Å². The molecule has 0 saturated carbocycles. The zero-order valence-electron chi connectivity index (χ0n) is 17.7. The lowest BCUT2D eigenvalue weighted by Crippen LogP contribution is -2.11. The molecule has 4 nitrogen and oxygen atoms in total. The summed E-state index contributed by atoms with van der Waals surface area (Å²) in [6.07, 6.45) is 0. The van der Waals surface area contributed by atoms with Crippen molar-refractivity contribution in [3.8, 4) is 23.0 Å². The molecule has 0 aliphatic rings. The van der Waals surface area contributed by atoms with E-state index in [-0.39, 0.29) is 43.9 Å². The van der Waals surface area contributed by atoms with Crippen LogP contribution in [0.25, 0.3) is 0 Å².